The van der Waals surface area contributed by atoms with E-state index in [1.807, 2.05) is 36.4 Å². The highest BCUT2D eigenvalue weighted by atomic mass is 16.2. The molecule has 16 nitrogen and oxygen atoms in total. The van der Waals surface area contributed by atoms with Crippen molar-refractivity contribution in [1.82, 2.24) is 49.9 Å². The summed E-state index contributed by atoms with van der Waals surface area (Å²) in [6, 6.07) is 9.61. The Balaban J connectivity index is 0.000000130. The minimum Gasteiger partial charge on any atom is -0.354 e. The number of nitrogens with zero attached hydrogens (tertiary/aromatic N) is 11. The van der Waals surface area contributed by atoms with Gasteiger partial charge >= 0.3 is 0 Å². The number of H-pyrrole nitrogens is 2. The zero-order chi connectivity index (χ0) is 37.3. The number of aromatic amines is 2. The Bertz CT molecular complexity index is 2230. The van der Waals surface area contributed by atoms with E-state index < -0.39 is 0 Å². The molecule has 0 unspecified atom stereocenters. The van der Waals surface area contributed by atoms with Gasteiger partial charge in [0, 0.05) is 62.9 Å². The molecule has 0 aromatic carbocycles. The summed E-state index contributed by atoms with van der Waals surface area (Å²) in [7, 11) is 0. The van der Waals surface area contributed by atoms with Crippen LogP contribution in [0.1, 0.15) is 55.7 Å². The molecule has 1 amide bonds. The normalized spacial score (nSPS) is 24.2. The maximum Gasteiger partial charge on any atom is 0.261 e. The van der Waals surface area contributed by atoms with Crippen LogP contribution in [0, 0.1) is 48.3 Å². The lowest BCUT2D eigenvalue weighted by molar-refractivity contribution is -0.152. The standard InChI is InChI=1S/C16H18N6O.C13H17N5.C8H9N3O/c1-11-8-22(13(23)2-5-17)16(11)4-7-21(9-16)15-12-3-6-18-14(12)19-10-20-15;1-9-6-17-13(9)3-5-18(7-13)12-10-2-4-14-11(10)15-8-16-12;1-6-5-7(2)11(10-6)8(12)3-4-9/h3,6,10-11H,2,4,7-9H2,1H3,(H,18,19,20);2,4,8-9,17H,3,5-7H2,1H3,(H,14,15,16);5H,3H2,1-2H3/t11-,16-;9-,13-;/m00./s1. The molecule has 0 bridgehead atoms. The molecule has 0 aliphatic carbocycles. The first-order valence-corrected chi connectivity index (χ1v) is 18.0. The first-order valence-electron chi connectivity index (χ1n) is 18.0. The van der Waals surface area contributed by atoms with Gasteiger partial charge in [-0.25, -0.2) is 24.6 Å². The number of nitrogens with one attached hydrogen (secondary N) is 3. The molecule has 5 aromatic heterocycles. The van der Waals surface area contributed by atoms with Crippen LogP contribution in [0.3, 0.4) is 0 Å². The fourth-order valence-corrected chi connectivity index (χ4v) is 8.31. The molecule has 9 heterocycles. The molecule has 53 heavy (non-hydrogen) atoms. The van der Waals surface area contributed by atoms with Crippen LogP contribution < -0.4 is 15.1 Å². The molecule has 0 radical (unpaired) electrons. The summed E-state index contributed by atoms with van der Waals surface area (Å²) in [5.41, 5.74) is 3.49. The molecule has 4 fully saturated rings. The summed E-state index contributed by atoms with van der Waals surface area (Å²) >= 11 is 0. The predicted molar refractivity (Wildman–Crippen MR) is 198 cm³/mol. The molecule has 5 aromatic rings. The van der Waals surface area contributed by atoms with Crippen molar-refractivity contribution in [3.05, 3.63) is 54.6 Å². The monoisotopic (exact) mass is 716 g/mol. The van der Waals surface area contributed by atoms with E-state index in [9.17, 15) is 9.59 Å². The van der Waals surface area contributed by atoms with Crippen LogP contribution in [0.5, 0.6) is 0 Å². The molecule has 4 aliphatic heterocycles. The van der Waals surface area contributed by atoms with Crippen molar-refractivity contribution in [3.8, 4) is 12.1 Å². The molecular formula is C37H44N14O2. The fraction of sp³-hybridized carbons (Fsp3) is 0.486. The molecule has 3 N–H and O–H groups in total. The number of anilines is 2. The lowest BCUT2D eigenvalue weighted by Gasteiger charge is -2.55. The molecule has 274 valence electrons. The first-order chi connectivity index (χ1) is 25.6. The average molecular weight is 717 g/mol. The van der Waals surface area contributed by atoms with Crippen molar-refractivity contribution in [2.24, 2.45) is 11.8 Å². The summed E-state index contributed by atoms with van der Waals surface area (Å²) in [4.78, 5) is 53.6. The number of carbonyl (C=O) groups excluding carboxylic acids is 2. The largest absolute Gasteiger partial charge is 0.354 e. The van der Waals surface area contributed by atoms with Crippen molar-refractivity contribution < 1.29 is 9.59 Å². The van der Waals surface area contributed by atoms with Gasteiger partial charge in [-0.15, -0.1) is 0 Å². The highest BCUT2D eigenvalue weighted by Crippen LogP contribution is 2.45. The van der Waals surface area contributed by atoms with Crippen LogP contribution >= 0.6 is 0 Å². The van der Waals surface area contributed by atoms with Gasteiger partial charge in [0.25, 0.3) is 5.91 Å². The van der Waals surface area contributed by atoms with Crippen LogP contribution in [-0.4, -0.2) is 107 Å². The van der Waals surface area contributed by atoms with E-state index in [0.29, 0.717) is 11.5 Å². The third-order valence-electron chi connectivity index (χ3n) is 11.5. The second-order valence-electron chi connectivity index (χ2n) is 14.6. The minimum atomic E-state index is -0.275. The Morgan fingerprint density at radius 1 is 0.849 bits per heavy atom. The van der Waals surface area contributed by atoms with Crippen LogP contribution in [-0.2, 0) is 4.79 Å². The smallest absolute Gasteiger partial charge is 0.261 e. The van der Waals surface area contributed by atoms with E-state index in [0.717, 1.165) is 96.7 Å². The van der Waals surface area contributed by atoms with Crippen LogP contribution in [0.15, 0.2) is 43.2 Å². The maximum atomic E-state index is 12.2. The summed E-state index contributed by atoms with van der Waals surface area (Å²) in [5, 5.41) is 26.8. The van der Waals surface area contributed by atoms with Gasteiger partial charge in [-0.3, -0.25) is 9.59 Å². The molecule has 2 spiro atoms. The Morgan fingerprint density at radius 3 is 1.96 bits per heavy atom. The van der Waals surface area contributed by atoms with Gasteiger partial charge < -0.3 is 30.0 Å². The van der Waals surface area contributed by atoms with E-state index in [4.69, 9.17) is 10.5 Å². The van der Waals surface area contributed by atoms with Gasteiger partial charge in [-0.1, -0.05) is 13.8 Å². The molecule has 16 heteroatoms. The number of rotatable bonds is 4. The number of likely N-dealkylation sites (tertiary alicyclic amines) is 1. The Morgan fingerprint density at radius 2 is 1.45 bits per heavy atom. The lowest BCUT2D eigenvalue weighted by Crippen LogP contribution is -2.69. The highest BCUT2D eigenvalue weighted by Gasteiger charge is 2.56. The van der Waals surface area contributed by atoms with Gasteiger partial charge in [0.2, 0.25) is 5.91 Å². The molecule has 4 atom stereocenters. The summed E-state index contributed by atoms with van der Waals surface area (Å²) in [6.07, 6.45) is 8.98. The van der Waals surface area contributed by atoms with Crippen molar-refractivity contribution in [3.63, 3.8) is 0 Å². The Labute approximate surface area is 307 Å². The molecule has 9 rings (SSSR count). The molecular weight excluding hydrogens is 673 g/mol. The number of aryl methyl sites for hydroxylation is 2. The predicted octanol–water partition coefficient (Wildman–Crippen LogP) is 3.50. The number of nitriles is 2. The van der Waals surface area contributed by atoms with Gasteiger partial charge in [-0.05, 0) is 56.7 Å². The van der Waals surface area contributed by atoms with Gasteiger partial charge in [0.1, 0.15) is 48.4 Å². The number of carbonyl (C=O) groups is 2. The average Bonchev–Trinajstić information content (AvgIpc) is 4.00. The summed E-state index contributed by atoms with van der Waals surface area (Å²) in [6.45, 7) is 13.8. The zero-order valence-corrected chi connectivity index (χ0v) is 30.5. The van der Waals surface area contributed by atoms with E-state index in [1.54, 1.807) is 31.7 Å². The van der Waals surface area contributed by atoms with Gasteiger partial charge in [0.05, 0.1) is 34.1 Å². The van der Waals surface area contributed by atoms with Crippen LogP contribution in [0.2, 0.25) is 0 Å². The fourth-order valence-electron chi connectivity index (χ4n) is 8.31. The lowest BCUT2D eigenvalue weighted by atomic mass is 9.74. The Hall–Kier alpha value is -5.87. The number of aromatic nitrogens is 8. The van der Waals surface area contributed by atoms with E-state index in [1.165, 1.54) is 11.1 Å². The second-order valence-corrected chi connectivity index (χ2v) is 14.6. The molecule has 0 saturated carbocycles. The van der Waals surface area contributed by atoms with Crippen molar-refractivity contribution >= 4 is 45.5 Å². The SMILES string of the molecule is C[C@H]1CN(C(=O)CC#N)[C@]12CCN(c1ncnc3[nH]ccc13)C2.C[C@H]1CN[C@]12CCN(c1ncnc3[nH]ccc13)C2.Cc1cc(C)n(C(=O)CC#N)n1. The van der Waals surface area contributed by atoms with Gasteiger partial charge in [-0.2, -0.15) is 15.6 Å². The number of amides is 1. The summed E-state index contributed by atoms with van der Waals surface area (Å²) < 4.78 is 1.26. The quantitative estimate of drug-likeness (QED) is 0.245. The van der Waals surface area contributed by atoms with Crippen molar-refractivity contribution in [1.29, 1.82) is 10.5 Å². The van der Waals surface area contributed by atoms with Gasteiger partial charge in [0.15, 0.2) is 0 Å². The maximum absolute atomic E-state index is 12.2. The van der Waals surface area contributed by atoms with Crippen molar-refractivity contribution in [2.45, 2.75) is 64.5 Å². The zero-order valence-electron chi connectivity index (χ0n) is 30.5. The van der Waals surface area contributed by atoms with Crippen molar-refractivity contribution in [2.75, 3.05) is 49.1 Å². The van der Waals surface area contributed by atoms with E-state index in [2.05, 4.69) is 70.0 Å². The van der Waals surface area contributed by atoms with Crippen LogP contribution in [0.25, 0.3) is 22.1 Å². The van der Waals surface area contributed by atoms with Crippen LogP contribution in [0.4, 0.5) is 11.6 Å². The second kappa shape index (κ2) is 14.3. The molecule has 4 aliphatic rings. The third-order valence-corrected chi connectivity index (χ3v) is 11.5. The topological polar surface area (TPSA) is 204 Å². The molecule has 4 saturated heterocycles. The van der Waals surface area contributed by atoms with E-state index in [-0.39, 0.29) is 30.2 Å². The Kier molecular flexibility index (Phi) is 9.57. The first kappa shape index (κ1) is 35.5. The number of fused-ring (bicyclic) bond motifs is 2. The highest BCUT2D eigenvalue weighted by molar-refractivity contribution is 5.88. The number of hydrogen-bond donors (Lipinski definition) is 3. The summed E-state index contributed by atoms with van der Waals surface area (Å²) in [5.74, 6) is 2.87. The van der Waals surface area contributed by atoms with E-state index >= 15 is 0 Å². The minimum absolute atomic E-state index is 0.0377. The number of hydrogen-bond acceptors (Lipinski definition) is 12. The third kappa shape index (κ3) is 6.44.